The summed E-state index contributed by atoms with van der Waals surface area (Å²) < 4.78 is 9.40. The van der Waals surface area contributed by atoms with E-state index in [0.29, 0.717) is 46.6 Å². The molecule has 3 aliphatic carbocycles. The van der Waals surface area contributed by atoms with Crippen molar-refractivity contribution in [1.29, 1.82) is 0 Å². The summed E-state index contributed by atoms with van der Waals surface area (Å²) in [5.74, 6) is -1.43. The van der Waals surface area contributed by atoms with Gasteiger partial charge in [0, 0.05) is 103 Å². The molecule has 10 heterocycles. The molecular formula is C93H61N3O7S6Si2. The Morgan fingerprint density at radius 3 is 1.15 bits per heavy atom. The zero-order chi connectivity index (χ0) is 74.8. The smallest absolute Gasteiger partial charge is 0.197 e. The van der Waals surface area contributed by atoms with Gasteiger partial charge in [0.25, 0.3) is 0 Å². The van der Waals surface area contributed by atoms with Gasteiger partial charge in [0.2, 0.25) is 0 Å². The molecule has 22 rings (SSSR count). The predicted molar refractivity (Wildman–Crippen MR) is 465 cm³/mol. The molecule has 9 aromatic carbocycles. The van der Waals surface area contributed by atoms with Gasteiger partial charge in [0.1, 0.15) is 31.2 Å². The first-order valence-corrected chi connectivity index (χ1v) is 47.5. The second kappa shape index (κ2) is 24.5. The fraction of sp³-hybridized carbons (Fsp3) is 0.0968. The molecule has 10 nitrogen and oxygen atoms in total. The molecule has 0 N–H and O–H groups in total. The van der Waals surface area contributed by atoms with Crippen molar-refractivity contribution >= 4 is 237 Å². The van der Waals surface area contributed by atoms with E-state index >= 15 is 0 Å². The van der Waals surface area contributed by atoms with Gasteiger partial charge in [-0.15, -0.1) is 68.0 Å². The normalized spacial score (nSPS) is 17.9. The molecule has 534 valence electrons. The number of ketones is 6. The third-order valence-corrected chi connectivity index (χ3v) is 38.2. The second-order valence-electron chi connectivity index (χ2n) is 30.7. The monoisotopic (exact) mass is 1580 g/mol. The molecule has 0 bridgehead atoms. The molecule has 0 atom stereocenters. The van der Waals surface area contributed by atoms with Gasteiger partial charge in [-0.1, -0.05) is 106 Å². The number of carbonyl (C=O) groups excluding carboxylic acids is 6. The first-order valence-electron chi connectivity index (χ1n) is 37.0. The van der Waals surface area contributed by atoms with E-state index in [1.54, 1.807) is 86.2 Å². The highest BCUT2D eigenvalue weighted by atomic mass is 32.1. The second-order valence-corrected chi connectivity index (χ2v) is 45.4. The fourth-order valence-corrected chi connectivity index (χ4v) is 31.6. The number of carbonyl (C=O) groups is 6. The van der Waals surface area contributed by atoms with Crippen LogP contribution in [-0.2, 0) is 10.2 Å². The fourth-order valence-electron chi connectivity index (χ4n) is 18.4. The van der Waals surface area contributed by atoms with E-state index in [1.807, 2.05) is 88.9 Å². The van der Waals surface area contributed by atoms with Gasteiger partial charge in [-0.3, -0.25) is 28.8 Å². The lowest BCUT2D eigenvalue weighted by Crippen LogP contribution is -2.65. The van der Waals surface area contributed by atoms with Crippen molar-refractivity contribution in [1.82, 2.24) is 0 Å². The Morgan fingerprint density at radius 1 is 0.351 bits per heavy atom. The molecule has 1 saturated heterocycles. The van der Waals surface area contributed by atoms with Gasteiger partial charge in [-0.05, 0) is 250 Å². The summed E-state index contributed by atoms with van der Waals surface area (Å²) in [6, 6.07) is 77.0. The van der Waals surface area contributed by atoms with Gasteiger partial charge in [0.05, 0.1) is 28.1 Å². The molecule has 0 radical (unpaired) electrons. The Bertz CT molecular complexity index is 6420. The van der Waals surface area contributed by atoms with Crippen LogP contribution in [0.25, 0.3) is 70.7 Å². The number of anilines is 9. The standard InChI is InChI=1S/C93H61N3O7S6Si2/c1-93(2)69-9-5-6-10-71(69)94(84-24-17-57(107-84)44-66-87(97)60-37-54-27-32-104-77(54)47-63(60)90(66)100)72-20-13-50(40-70(72)93)52-15-22-75-82(42-52)111(35-30-103-31-36-111)83-43-53(16-23-76(83)96(75)86-26-19-59(109-86)46-68-89(99)62-39-56-29-34-106-79(56)49-65(62)92(68)102)51-14-21-74-81(41-51)110(3,4)80-12-8-7-11-73(80)95(74)85-25-18-58(108-85)45-67-88(98)61-38-55-28-33-105-78(55)48-64(61)91(67)101/h5-29,32-34,37-49H,30-31,35-36H2,1-4H3/b66-44+,67-45+,68-46+. The van der Waals surface area contributed by atoms with Crippen molar-refractivity contribution in [3.05, 3.63) is 304 Å². The number of allylic oxidation sites excluding steroid dienone is 3. The van der Waals surface area contributed by atoms with Crippen LogP contribution in [0.3, 0.4) is 0 Å². The Labute approximate surface area is 664 Å². The van der Waals surface area contributed by atoms with Crippen LogP contribution in [0, 0.1) is 0 Å². The minimum absolute atomic E-state index is 0.180. The summed E-state index contributed by atoms with van der Waals surface area (Å²) in [7, 11) is -5.20. The number of ether oxygens (including phenoxy) is 1. The molecule has 4 aliphatic heterocycles. The zero-order valence-corrected chi connectivity index (χ0v) is 67.0. The number of benzene rings is 9. The lowest BCUT2D eigenvalue weighted by molar-refractivity contribution is 0.0975. The third-order valence-electron chi connectivity index (χ3n) is 24.0. The molecular weight excluding hydrogens is 1520 g/mol. The average Bonchev–Trinajstić information content (AvgIpc) is 1.50. The number of Topliss-reactive ketones (excluding diaryl/α,β-unsaturated/α-hetero) is 6. The lowest BCUT2D eigenvalue weighted by atomic mass is 9.73. The molecule has 7 aliphatic rings. The molecule has 1 fully saturated rings. The van der Waals surface area contributed by atoms with Crippen LogP contribution in [0.5, 0.6) is 0 Å². The van der Waals surface area contributed by atoms with Crippen LogP contribution in [0.4, 0.5) is 49.1 Å². The van der Waals surface area contributed by atoms with E-state index in [9.17, 15) is 28.8 Å². The summed E-state index contributed by atoms with van der Waals surface area (Å²) in [6.07, 6.45) is 5.36. The van der Waals surface area contributed by atoms with Crippen LogP contribution >= 0.6 is 68.0 Å². The Morgan fingerprint density at radius 2 is 0.703 bits per heavy atom. The van der Waals surface area contributed by atoms with Crippen LogP contribution in [0.2, 0.25) is 25.2 Å². The Kier molecular flexibility index (Phi) is 14.8. The maximum atomic E-state index is 14.3. The highest BCUT2D eigenvalue weighted by molar-refractivity contribution is 7.19. The first kappa shape index (κ1) is 66.9. The molecule has 15 aromatic rings. The maximum Gasteiger partial charge on any atom is 0.197 e. The molecule has 0 unspecified atom stereocenters. The molecule has 1 spiro atoms. The van der Waals surface area contributed by atoms with Crippen molar-refractivity contribution in [2.75, 3.05) is 27.9 Å². The number of thiophene rings is 6. The van der Waals surface area contributed by atoms with Crippen molar-refractivity contribution in [3.63, 3.8) is 0 Å². The topological polar surface area (TPSA) is 121 Å². The SMILES string of the molecule is CC1(C)c2ccccc2N(c2ccc(/C=C3\C(=O)c4cc5ccsc5cc4C3=O)s2)c2ccc(-c3ccc4c(c3)[Si]3(CCOCC3)c3cc(-c5ccc6c(c5)[Si](C)(C)c5ccccc5N6c5ccc(/C=C6\C(=O)c7cc8ccsc8cc7C6=O)s5)ccc3N4c3ccc(/C=C4\C(=O)c5cc6ccsc6cc5C4=O)s3)cc21. The molecule has 0 amide bonds. The summed E-state index contributed by atoms with van der Waals surface area (Å²) in [5, 5.41) is 17.0. The Hall–Kier alpha value is -11.0. The van der Waals surface area contributed by atoms with Crippen molar-refractivity contribution in [3.8, 4) is 22.3 Å². The minimum Gasteiger partial charge on any atom is -0.382 e. The van der Waals surface area contributed by atoms with E-state index in [-0.39, 0.29) is 51.4 Å². The van der Waals surface area contributed by atoms with E-state index in [4.69, 9.17) is 4.74 Å². The summed E-state index contributed by atoms with van der Waals surface area (Å²) in [6.45, 7) is 10.8. The maximum absolute atomic E-state index is 14.3. The quantitative estimate of drug-likeness (QED) is 0.0826. The number of rotatable bonds is 8. The summed E-state index contributed by atoms with van der Waals surface area (Å²) in [4.78, 5) is 94.2. The molecule has 0 saturated carbocycles. The number of hydrogen-bond acceptors (Lipinski definition) is 16. The Balaban J connectivity index is 0.656. The average molecular weight is 1580 g/mol. The number of para-hydroxylation sites is 2. The van der Waals surface area contributed by atoms with Gasteiger partial charge in [0.15, 0.2) is 34.7 Å². The minimum atomic E-state index is -2.78. The van der Waals surface area contributed by atoms with Crippen LogP contribution in [0.1, 0.15) is 102 Å². The first-order chi connectivity index (χ1) is 53.9. The van der Waals surface area contributed by atoms with E-state index in [1.165, 1.54) is 31.9 Å². The van der Waals surface area contributed by atoms with Crippen molar-refractivity contribution < 1.29 is 33.5 Å². The molecule has 111 heavy (non-hydrogen) atoms. The van der Waals surface area contributed by atoms with Crippen LogP contribution in [-0.4, -0.2) is 64.1 Å². The van der Waals surface area contributed by atoms with Gasteiger partial charge < -0.3 is 19.4 Å². The van der Waals surface area contributed by atoms with Gasteiger partial charge in [-0.25, -0.2) is 0 Å². The third kappa shape index (κ3) is 9.95. The lowest BCUT2D eigenvalue weighted by Gasteiger charge is -2.46. The van der Waals surface area contributed by atoms with Crippen LogP contribution in [0.15, 0.2) is 245 Å². The highest BCUT2D eigenvalue weighted by Gasteiger charge is 2.49. The molecule has 6 aromatic heterocycles. The van der Waals surface area contributed by atoms with E-state index in [0.717, 1.165) is 128 Å². The summed E-state index contributed by atoms with van der Waals surface area (Å²) in [5.41, 5.74) is 16.3. The van der Waals surface area contributed by atoms with Gasteiger partial charge in [-0.2, -0.15) is 0 Å². The number of fused-ring (bicyclic) bond motifs is 14. The number of hydrogen-bond donors (Lipinski definition) is 0. The predicted octanol–water partition coefficient (Wildman–Crippen LogP) is 22.3. The van der Waals surface area contributed by atoms with E-state index in [2.05, 4.69) is 181 Å². The number of nitrogens with zero attached hydrogens (tertiary/aromatic N) is 3. The van der Waals surface area contributed by atoms with Crippen molar-refractivity contribution in [2.45, 2.75) is 44.4 Å². The largest absolute Gasteiger partial charge is 0.382 e. The van der Waals surface area contributed by atoms with Gasteiger partial charge >= 0.3 is 0 Å². The van der Waals surface area contributed by atoms with Crippen molar-refractivity contribution in [2.24, 2.45) is 0 Å². The highest BCUT2D eigenvalue weighted by Crippen LogP contribution is 2.55. The molecule has 18 heteroatoms. The van der Waals surface area contributed by atoms with Crippen LogP contribution < -0.4 is 35.4 Å². The summed E-state index contributed by atoms with van der Waals surface area (Å²) >= 11 is 9.41. The zero-order valence-electron chi connectivity index (χ0n) is 60.1. The van der Waals surface area contributed by atoms with E-state index < -0.39 is 21.6 Å².